The van der Waals surface area contributed by atoms with Crippen molar-refractivity contribution < 1.29 is 4.74 Å². The Hall–Kier alpha value is -2.05. The predicted octanol–water partition coefficient (Wildman–Crippen LogP) is 1.99. The molecule has 0 aliphatic carbocycles. The normalized spacial score (nSPS) is 25.0. The first-order valence-corrected chi connectivity index (χ1v) is 9.04. The van der Waals surface area contributed by atoms with E-state index >= 15 is 0 Å². The minimum Gasteiger partial charge on any atom is -0.379 e. The Labute approximate surface area is 148 Å². The number of anilines is 1. The zero-order valence-electron chi connectivity index (χ0n) is 14.5. The summed E-state index contributed by atoms with van der Waals surface area (Å²) in [5, 5.41) is 0. The smallest absolute Gasteiger partial charge is 0.225 e. The van der Waals surface area contributed by atoms with Crippen LogP contribution in [0.2, 0.25) is 0 Å². The van der Waals surface area contributed by atoms with Gasteiger partial charge in [-0.3, -0.25) is 9.88 Å². The van der Waals surface area contributed by atoms with Crippen molar-refractivity contribution in [3.8, 4) is 0 Å². The third-order valence-corrected chi connectivity index (χ3v) is 5.17. The molecule has 0 radical (unpaired) electrons. The van der Waals surface area contributed by atoms with Crippen LogP contribution in [-0.4, -0.2) is 59.2 Å². The van der Waals surface area contributed by atoms with E-state index in [2.05, 4.69) is 36.9 Å². The van der Waals surface area contributed by atoms with Crippen molar-refractivity contribution in [1.29, 1.82) is 0 Å². The molecule has 2 aliphatic rings. The van der Waals surface area contributed by atoms with Gasteiger partial charge < -0.3 is 9.64 Å². The van der Waals surface area contributed by atoms with Gasteiger partial charge in [0.1, 0.15) is 0 Å². The number of piperidine rings is 1. The number of aromatic nitrogens is 3. The lowest BCUT2D eigenvalue weighted by molar-refractivity contribution is 0.0106. The highest BCUT2D eigenvalue weighted by Crippen LogP contribution is 2.34. The summed E-state index contributed by atoms with van der Waals surface area (Å²) in [6.07, 6.45) is 9.78. The molecule has 25 heavy (non-hydrogen) atoms. The first-order valence-electron chi connectivity index (χ1n) is 9.04. The van der Waals surface area contributed by atoms with Gasteiger partial charge in [-0.1, -0.05) is 0 Å². The van der Waals surface area contributed by atoms with E-state index in [1.54, 1.807) is 0 Å². The van der Waals surface area contributed by atoms with Crippen LogP contribution in [0.5, 0.6) is 0 Å². The van der Waals surface area contributed by atoms with Crippen molar-refractivity contribution in [1.82, 2.24) is 19.9 Å². The quantitative estimate of drug-likeness (QED) is 0.852. The minimum absolute atomic E-state index is 0.154. The van der Waals surface area contributed by atoms with E-state index in [9.17, 15) is 0 Å². The third kappa shape index (κ3) is 3.96. The van der Waals surface area contributed by atoms with Gasteiger partial charge in [0, 0.05) is 56.4 Å². The average Bonchev–Trinajstić information content (AvgIpc) is 2.86. The molecule has 2 aromatic heterocycles. The van der Waals surface area contributed by atoms with Crippen LogP contribution in [0.25, 0.3) is 0 Å². The maximum atomic E-state index is 6.00. The number of likely N-dealkylation sites (tertiary alicyclic amines) is 1. The summed E-state index contributed by atoms with van der Waals surface area (Å²) in [7, 11) is 0. The molecule has 4 rings (SSSR count). The van der Waals surface area contributed by atoms with Crippen LogP contribution in [0, 0.1) is 5.41 Å². The lowest BCUT2D eigenvalue weighted by Crippen LogP contribution is -2.50. The van der Waals surface area contributed by atoms with Gasteiger partial charge in [-0.15, -0.1) is 0 Å². The summed E-state index contributed by atoms with van der Waals surface area (Å²) in [5.41, 5.74) is 1.48. The average molecular weight is 339 g/mol. The van der Waals surface area contributed by atoms with Crippen molar-refractivity contribution in [2.45, 2.75) is 19.4 Å². The van der Waals surface area contributed by atoms with Crippen molar-refractivity contribution in [3.63, 3.8) is 0 Å². The minimum atomic E-state index is 0.154. The second-order valence-corrected chi connectivity index (χ2v) is 7.19. The Bertz CT molecular complexity index is 668. The van der Waals surface area contributed by atoms with Crippen molar-refractivity contribution in [2.24, 2.45) is 5.41 Å². The van der Waals surface area contributed by atoms with E-state index in [1.807, 2.05) is 30.9 Å². The molecular formula is C19H25N5O. The van der Waals surface area contributed by atoms with E-state index in [1.165, 1.54) is 18.4 Å². The van der Waals surface area contributed by atoms with Gasteiger partial charge >= 0.3 is 0 Å². The fraction of sp³-hybridized carbons (Fsp3) is 0.526. The lowest BCUT2D eigenvalue weighted by Gasteiger charge is -2.43. The van der Waals surface area contributed by atoms with Crippen LogP contribution < -0.4 is 4.90 Å². The Morgan fingerprint density at radius 1 is 1.04 bits per heavy atom. The molecular weight excluding hydrogens is 314 g/mol. The Balaban J connectivity index is 1.49. The van der Waals surface area contributed by atoms with Gasteiger partial charge in [-0.25, -0.2) is 9.97 Å². The molecule has 0 N–H and O–H groups in total. The zero-order chi connectivity index (χ0) is 17.0. The molecule has 6 heteroatoms. The molecule has 0 unspecified atom stereocenters. The number of rotatable bonds is 3. The summed E-state index contributed by atoms with van der Waals surface area (Å²) in [4.78, 5) is 17.9. The van der Waals surface area contributed by atoms with E-state index < -0.39 is 0 Å². The molecule has 0 aromatic carbocycles. The second-order valence-electron chi connectivity index (χ2n) is 7.19. The molecule has 6 nitrogen and oxygen atoms in total. The van der Waals surface area contributed by atoms with Gasteiger partial charge in [0.25, 0.3) is 0 Å². The fourth-order valence-electron chi connectivity index (χ4n) is 4.06. The number of nitrogens with zero attached hydrogens (tertiary/aromatic N) is 5. The van der Waals surface area contributed by atoms with E-state index in [-0.39, 0.29) is 5.41 Å². The van der Waals surface area contributed by atoms with Crippen molar-refractivity contribution >= 4 is 5.95 Å². The highest BCUT2D eigenvalue weighted by atomic mass is 16.5. The molecule has 0 amide bonds. The lowest BCUT2D eigenvalue weighted by atomic mass is 9.80. The Kier molecular flexibility index (Phi) is 4.90. The van der Waals surface area contributed by atoms with Crippen LogP contribution in [0.3, 0.4) is 0 Å². The van der Waals surface area contributed by atoms with Gasteiger partial charge in [-0.05, 0) is 43.1 Å². The molecule has 0 bridgehead atoms. The Morgan fingerprint density at radius 2 is 1.88 bits per heavy atom. The van der Waals surface area contributed by atoms with Crippen molar-refractivity contribution in [3.05, 3.63) is 48.5 Å². The number of pyridine rings is 1. The molecule has 0 saturated carbocycles. The molecule has 2 fully saturated rings. The standard InChI is InChI=1S/C19H25N5O/c1-5-19(14-23(10-1)13-17-3-8-20-9-4-17)15-24(11-12-25-16-19)18-21-6-2-7-22-18/h2-4,6-9H,1,5,10-16H2/t19-/m0/s1. The highest BCUT2D eigenvalue weighted by Gasteiger charge is 2.39. The first kappa shape index (κ1) is 16.4. The third-order valence-electron chi connectivity index (χ3n) is 5.17. The molecule has 2 saturated heterocycles. The van der Waals surface area contributed by atoms with Gasteiger partial charge in [0.15, 0.2) is 0 Å². The topological polar surface area (TPSA) is 54.4 Å². The largest absolute Gasteiger partial charge is 0.379 e. The maximum absolute atomic E-state index is 6.00. The predicted molar refractivity (Wildman–Crippen MR) is 96.2 cm³/mol. The van der Waals surface area contributed by atoms with Crippen LogP contribution in [0.4, 0.5) is 5.95 Å². The summed E-state index contributed by atoms with van der Waals surface area (Å²) in [5.74, 6) is 0.818. The second kappa shape index (κ2) is 7.45. The monoisotopic (exact) mass is 339 g/mol. The molecule has 132 valence electrons. The van der Waals surface area contributed by atoms with Crippen LogP contribution in [0.1, 0.15) is 18.4 Å². The SMILES string of the molecule is c1cnc(N2CCOC[C@]3(CCCN(Cc4ccncc4)C3)C2)nc1. The highest BCUT2D eigenvalue weighted by molar-refractivity contribution is 5.29. The van der Waals surface area contributed by atoms with Gasteiger partial charge in [-0.2, -0.15) is 0 Å². The van der Waals surface area contributed by atoms with Gasteiger partial charge in [0.2, 0.25) is 5.95 Å². The fourth-order valence-corrected chi connectivity index (χ4v) is 4.06. The van der Waals surface area contributed by atoms with E-state index in [0.717, 1.165) is 51.9 Å². The Morgan fingerprint density at radius 3 is 2.72 bits per heavy atom. The molecule has 1 atom stereocenters. The zero-order valence-corrected chi connectivity index (χ0v) is 14.5. The summed E-state index contributed by atoms with van der Waals surface area (Å²) >= 11 is 0. The molecule has 2 aromatic rings. The molecule has 1 spiro atoms. The molecule has 2 aliphatic heterocycles. The van der Waals surface area contributed by atoms with Crippen LogP contribution in [0.15, 0.2) is 43.0 Å². The number of hydrogen-bond acceptors (Lipinski definition) is 6. The van der Waals surface area contributed by atoms with E-state index in [4.69, 9.17) is 4.74 Å². The van der Waals surface area contributed by atoms with Crippen LogP contribution in [-0.2, 0) is 11.3 Å². The van der Waals surface area contributed by atoms with Crippen LogP contribution >= 0.6 is 0 Å². The summed E-state index contributed by atoms with van der Waals surface area (Å²) < 4.78 is 6.00. The summed E-state index contributed by atoms with van der Waals surface area (Å²) in [6.45, 7) is 6.56. The summed E-state index contributed by atoms with van der Waals surface area (Å²) in [6, 6.07) is 6.08. The number of hydrogen-bond donors (Lipinski definition) is 0. The molecule has 4 heterocycles. The van der Waals surface area contributed by atoms with Gasteiger partial charge in [0.05, 0.1) is 13.2 Å². The van der Waals surface area contributed by atoms with Crippen molar-refractivity contribution in [2.75, 3.05) is 44.3 Å². The maximum Gasteiger partial charge on any atom is 0.225 e. The first-order chi connectivity index (χ1) is 12.3. The number of ether oxygens (including phenoxy) is 1. The van der Waals surface area contributed by atoms with E-state index in [0.29, 0.717) is 0 Å².